The number of ether oxygens (including phenoxy) is 2. The molecule has 0 radical (unpaired) electrons. The van der Waals surface area contributed by atoms with Gasteiger partial charge in [0.25, 0.3) is 0 Å². The van der Waals surface area contributed by atoms with Crippen molar-refractivity contribution in [3.05, 3.63) is 34.8 Å². The second kappa shape index (κ2) is 9.12. The van der Waals surface area contributed by atoms with E-state index in [9.17, 15) is 19.2 Å². The molecule has 0 aromatic carbocycles. The van der Waals surface area contributed by atoms with E-state index >= 15 is 0 Å². The second-order valence-corrected chi connectivity index (χ2v) is 15.4. The molecule has 0 aromatic heterocycles. The first kappa shape index (κ1) is 29.7. The van der Waals surface area contributed by atoms with Gasteiger partial charge in [-0.1, -0.05) is 53.2 Å². The molecule has 5 aliphatic rings. The Morgan fingerprint density at radius 1 is 1.02 bits per heavy atom. The number of carbonyl (C=O) groups excluding carboxylic acids is 4. The fourth-order valence-corrected chi connectivity index (χ4v) is 10.4. The van der Waals surface area contributed by atoms with Crippen molar-refractivity contribution < 1.29 is 28.7 Å². The lowest BCUT2D eigenvalue weighted by atomic mass is 9.34. The van der Waals surface area contributed by atoms with Crippen LogP contribution in [-0.4, -0.2) is 37.2 Å². The van der Waals surface area contributed by atoms with Crippen molar-refractivity contribution in [3.63, 3.8) is 0 Å². The summed E-state index contributed by atoms with van der Waals surface area (Å²) in [5.74, 6) is -1.54. The minimum Gasteiger partial charge on any atom is -0.469 e. The highest BCUT2D eigenvalue weighted by Gasteiger charge is 2.71. The van der Waals surface area contributed by atoms with E-state index in [0.29, 0.717) is 12.8 Å². The van der Waals surface area contributed by atoms with Gasteiger partial charge in [0.1, 0.15) is 6.61 Å². The predicted octanol–water partition coefficient (Wildman–Crippen LogP) is 6.28. The van der Waals surface area contributed by atoms with Gasteiger partial charge in [0.2, 0.25) is 5.70 Å². The smallest absolute Gasteiger partial charge is 0.312 e. The number of carbonyl (C=O) groups is 4. The number of methoxy groups -OCH3 is 1. The third kappa shape index (κ3) is 3.81. The SMILES string of the molecule is [C-]#[N+]C1=C[C@]2(C)C3=CC(=O)[C@@H]4[C@@H]5CC(C)(C)CC[C@]5(C(=O)OC)CC[C@@]4(C)[C@]3(C)CC[C@H]2[C@](C)(COC(C)=O)C1=O. The first-order chi connectivity index (χ1) is 19.0. The van der Waals surface area contributed by atoms with Gasteiger partial charge in [-0.15, -0.1) is 0 Å². The summed E-state index contributed by atoms with van der Waals surface area (Å²) in [6, 6.07) is 0. The van der Waals surface area contributed by atoms with Gasteiger partial charge in [-0.2, -0.15) is 0 Å². The number of fused-ring (bicyclic) bond motifs is 7. The van der Waals surface area contributed by atoms with Gasteiger partial charge in [-0.05, 0) is 79.1 Å². The Balaban J connectivity index is 1.68. The lowest BCUT2D eigenvalue weighted by molar-refractivity contribution is -0.191. The van der Waals surface area contributed by atoms with E-state index in [1.54, 1.807) is 6.08 Å². The number of esters is 2. The predicted molar refractivity (Wildman–Crippen MR) is 153 cm³/mol. The maximum absolute atomic E-state index is 14.5. The van der Waals surface area contributed by atoms with Crippen LogP contribution in [0.2, 0.25) is 0 Å². The van der Waals surface area contributed by atoms with Crippen molar-refractivity contribution >= 4 is 23.5 Å². The van der Waals surface area contributed by atoms with Crippen LogP contribution >= 0.6 is 0 Å². The molecule has 3 saturated carbocycles. The summed E-state index contributed by atoms with van der Waals surface area (Å²) in [5.41, 5.74) is -2.20. The molecule has 7 nitrogen and oxygen atoms in total. The standard InChI is InChI=1S/C34H45NO6/c1-20(36)41-19-31(5)24-10-11-32(6)25(30(24,4)18-22(35-8)27(31)38)16-23(37)26-21-17-29(2,3)12-14-34(21,28(39)40-9)15-13-33(26,32)7/h16,18,21,24,26H,10-15,17,19H2,1-7,9H3/t21-,24+,26-,30-,31-,32+,33+,34-/m0/s1. The molecule has 5 aliphatic carbocycles. The molecule has 7 heteroatoms. The molecule has 0 aliphatic heterocycles. The first-order valence-electron chi connectivity index (χ1n) is 15.1. The molecule has 0 spiro atoms. The molecular formula is C34H45NO6. The lowest BCUT2D eigenvalue weighted by Crippen LogP contribution is -2.66. The molecule has 0 bridgehead atoms. The van der Waals surface area contributed by atoms with Crippen molar-refractivity contribution in [1.29, 1.82) is 0 Å². The van der Waals surface area contributed by atoms with Gasteiger partial charge in [-0.25, -0.2) is 4.85 Å². The minimum atomic E-state index is -1.07. The number of rotatable bonds is 3. The molecule has 0 saturated heterocycles. The van der Waals surface area contributed by atoms with Gasteiger partial charge in [0.15, 0.2) is 11.6 Å². The first-order valence-corrected chi connectivity index (χ1v) is 15.1. The molecule has 0 amide bonds. The highest BCUT2D eigenvalue weighted by molar-refractivity contribution is 6.03. The van der Waals surface area contributed by atoms with Crippen LogP contribution in [0.15, 0.2) is 23.4 Å². The van der Waals surface area contributed by atoms with E-state index in [-0.39, 0.29) is 58.4 Å². The van der Waals surface area contributed by atoms with E-state index < -0.39 is 27.6 Å². The summed E-state index contributed by atoms with van der Waals surface area (Å²) in [6.45, 7) is 21.9. The summed E-state index contributed by atoms with van der Waals surface area (Å²) in [5, 5.41) is 0. The van der Waals surface area contributed by atoms with Crippen LogP contribution in [0.4, 0.5) is 0 Å². The average Bonchev–Trinajstić information content (AvgIpc) is 2.90. The van der Waals surface area contributed by atoms with E-state index in [2.05, 4.69) is 39.5 Å². The van der Waals surface area contributed by atoms with Crippen molar-refractivity contribution in [3.8, 4) is 0 Å². The van der Waals surface area contributed by atoms with Crippen LogP contribution in [0.3, 0.4) is 0 Å². The van der Waals surface area contributed by atoms with Gasteiger partial charge in [0, 0.05) is 18.3 Å². The largest absolute Gasteiger partial charge is 0.469 e. The Hall–Kier alpha value is -2.75. The molecule has 3 fully saturated rings. The number of hydrogen-bond donors (Lipinski definition) is 0. The van der Waals surface area contributed by atoms with Gasteiger partial charge in [0.05, 0.1) is 24.5 Å². The Labute approximate surface area is 244 Å². The van der Waals surface area contributed by atoms with Gasteiger partial charge < -0.3 is 14.3 Å². The summed E-state index contributed by atoms with van der Waals surface area (Å²) in [7, 11) is 1.46. The molecule has 5 rings (SSSR count). The number of hydrogen-bond acceptors (Lipinski definition) is 6. The number of nitrogens with zero attached hydrogens (tertiary/aromatic N) is 1. The highest BCUT2D eigenvalue weighted by atomic mass is 16.5. The minimum absolute atomic E-state index is 0.0186. The summed E-state index contributed by atoms with van der Waals surface area (Å²) in [6.07, 6.45) is 8.97. The van der Waals surface area contributed by atoms with Crippen LogP contribution in [0.25, 0.3) is 4.85 Å². The number of Topliss-reactive ketones (excluding diaryl/α,β-unsaturated/α-hetero) is 1. The van der Waals surface area contributed by atoms with Crippen LogP contribution in [0.5, 0.6) is 0 Å². The Morgan fingerprint density at radius 2 is 1.68 bits per heavy atom. The topological polar surface area (TPSA) is 91.1 Å². The number of allylic oxidation sites excluding steroid dienone is 4. The van der Waals surface area contributed by atoms with Gasteiger partial charge >= 0.3 is 11.9 Å². The van der Waals surface area contributed by atoms with E-state index in [1.165, 1.54) is 14.0 Å². The second-order valence-electron chi connectivity index (χ2n) is 15.4. The van der Waals surface area contributed by atoms with Crippen molar-refractivity contribution in [2.24, 2.45) is 50.2 Å². The maximum Gasteiger partial charge on any atom is 0.312 e. The fourth-order valence-electron chi connectivity index (χ4n) is 10.4. The molecule has 8 atom stereocenters. The Bertz CT molecular complexity index is 1330. The Morgan fingerprint density at radius 3 is 2.29 bits per heavy atom. The van der Waals surface area contributed by atoms with Crippen LogP contribution < -0.4 is 0 Å². The van der Waals surface area contributed by atoms with Crippen LogP contribution in [-0.2, 0) is 28.7 Å². The molecule has 41 heavy (non-hydrogen) atoms. The molecule has 222 valence electrons. The highest BCUT2D eigenvalue weighted by Crippen LogP contribution is 2.74. The zero-order valence-corrected chi connectivity index (χ0v) is 25.9. The summed E-state index contributed by atoms with van der Waals surface area (Å²) < 4.78 is 10.8. The van der Waals surface area contributed by atoms with E-state index in [0.717, 1.165) is 37.7 Å². The monoisotopic (exact) mass is 563 g/mol. The van der Waals surface area contributed by atoms with E-state index in [1.807, 2.05) is 13.0 Å². The summed E-state index contributed by atoms with van der Waals surface area (Å²) >= 11 is 0. The van der Waals surface area contributed by atoms with E-state index in [4.69, 9.17) is 16.0 Å². The van der Waals surface area contributed by atoms with Crippen LogP contribution in [0.1, 0.15) is 93.4 Å². The fraction of sp³-hybridized carbons (Fsp3) is 0.735. The summed E-state index contributed by atoms with van der Waals surface area (Å²) in [4.78, 5) is 57.0. The lowest BCUT2D eigenvalue weighted by Gasteiger charge is -2.69. The number of ketones is 2. The third-order valence-corrected chi connectivity index (χ3v) is 12.8. The molecule has 0 aromatic rings. The zero-order chi connectivity index (χ0) is 30.4. The molecule has 0 heterocycles. The van der Waals surface area contributed by atoms with Crippen LogP contribution in [0, 0.1) is 56.8 Å². The average molecular weight is 564 g/mol. The van der Waals surface area contributed by atoms with Gasteiger partial charge in [-0.3, -0.25) is 14.4 Å². The normalized spacial score (nSPS) is 44.5. The Kier molecular flexibility index (Phi) is 6.62. The van der Waals surface area contributed by atoms with Crippen molar-refractivity contribution in [1.82, 2.24) is 0 Å². The zero-order valence-electron chi connectivity index (χ0n) is 25.9. The van der Waals surface area contributed by atoms with Crippen molar-refractivity contribution in [2.75, 3.05) is 13.7 Å². The third-order valence-electron chi connectivity index (χ3n) is 12.8. The maximum atomic E-state index is 14.5. The van der Waals surface area contributed by atoms with Crippen molar-refractivity contribution in [2.45, 2.75) is 93.4 Å². The molecular weight excluding hydrogens is 518 g/mol. The molecule has 0 N–H and O–H groups in total. The molecule has 0 unspecified atom stereocenters. The quantitative estimate of drug-likeness (QED) is 0.297.